The standard InChI is InChI=1S/C20H20N4O5/c25-19-12-29-18-7-5-14(11-15(18)22-19)21-20(26)13-4-6-16(17(10-13)24(27)28)23-8-2-1-3-9-23/h4-7,10-11H,1-3,8-9,12H2,(H,21,26)(H,22,25). The number of carbonyl (C=O) groups is 2. The van der Waals surface area contributed by atoms with Crippen LogP contribution in [0, 0.1) is 10.1 Å². The number of piperidine rings is 1. The first-order valence-corrected chi connectivity index (χ1v) is 9.43. The summed E-state index contributed by atoms with van der Waals surface area (Å²) in [6, 6.07) is 9.41. The fraction of sp³-hybridized carbons (Fsp3) is 0.300. The predicted octanol–water partition coefficient (Wildman–Crippen LogP) is 3.17. The van der Waals surface area contributed by atoms with Crippen LogP contribution in [0.25, 0.3) is 0 Å². The van der Waals surface area contributed by atoms with Crippen LogP contribution in [0.1, 0.15) is 29.6 Å². The molecule has 2 aromatic carbocycles. The maximum atomic E-state index is 12.6. The van der Waals surface area contributed by atoms with E-state index in [4.69, 9.17) is 4.74 Å². The van der Waals surface area contributed by atoms with E-state index in [1.807, 2.05) is 4.90 Å². The van der Waals surface area contributed by atoms with Gasteiger partial charge in [-0.25, -0.2) is 0 Å². The second-order valence-electron chi connectivity index (χ2n) is 7.01. The van der Waals surface area contributed by atoms with E-state index in [1.54, 1.807) is 30.3 Å². The Labute approximate surface area is 166 Å². The molecule has 0 radical (unpaired) electrons. The van der Waals surface area contributed by atoms with Gasteiger partial charge in [-0.05, 0) is 49.6 Å². The Bertz CT molecular complexity index is 985. The first-order valence-electron chi connectivity index (χ1n) is 9.43. The number of benzene rings is 2. The molecule has 9 nitrogen and oxygen atoms in total. The molecule has 0 saturated carbocycles. The van der Waals surface area contributed by atoms with Crippen LogP contribution in [0.4, 0.5) is 22.7 Å². The molecule has 2 heterocycles. The van der Waals surface area contributed by atoms with E-state index in [2.05, 4.69) is 10.6 Å². The monoisotopic (exact) mass is 396 g/mol. The molecule has 2 amide bonds. The molecular formula is C20H20N4O5. The van der Waals surface area contributed by atoms with Crippen LogP contribution in [0.3, 0.4) is 0 Å². The summed E-state index contributed by atoms with van der Waals surface area (Å²) in [7, 11) is 0. The zero-order valence-electron chi connectivity index (χ0n) is 15.6. The number of ether oxygens (including phenoxy) is 1. The molecule has 9 heteroatoms. The number of nitrogens with zero attached hydrogens (tertiary/aromatic N) is 2. The third kappa shape index (κ3) is 3.98. The highest BCUT2D eigenvalue weighted by Crippen LogP contribution is 2.33. The number of nitro benzene ring substituents is 1. The van der Waals surface area contributed by atoms with E-state index in [-0.39, 0.29) is 23.8 Å². The lowest BCUT2D eigenvalue weighted by atomic mass is 10.1. The highest BCUT2D eigenvalue weighted by atomic mass is 16.6. The summed E-state index contributed by atoms with van der Waals surface area (Å²) in [5.74, 6) is -0.227. The Balaban J connectivity index is 1.55. The van der Waals surface area contributed by atoms with E-state index in [0.29, 0.717) is 22.8 Å². The lowest BCUT2D eigenvalue weighted by Gasteiger charge is -2.28. The van der Waals surface area contributed by atoms with Gasteiger partial charge >= 0.3 is 0 Å². The van der Waals surface area contributed by atoms with Gasteiger partial charge in [-0.2, -0.15) is 0 Å². The third-order valence-corrected chi connectivity index (χ3v) is 5.00. The largest absolute Gasteiger partial charge is 0.482 e. The molecule has 4 rings (SSSR count). The minimum atomic E-state index is -0.471. The van der Waals surface area contributed by atoms with Gasteiger partial charge in [-0.15, -0.1) is 0 Å². The highest BCUT2D eigenvalue weighted by molar-refractivity contribution is 6.06. The summed E-state index contributed by atoms with van der Waals surface area (Å²) in [5, 5.41) is 17.0. The van der Waals surface area contributed by atoms with Gasteiger partial charge in [0, 0.05) is 30.4 Å². The van der Waals surface area contributed by atoms with E-state index >= 15 is 0 Å². The van der Waals surface area contributed by atoms with Crippen LogP contribution in [0.5, 0.6) is 5.75 Å². The molecule has 2 aliphatic heterocycles. The number of hydrogen-bond acceptors (Lipinski definition) is 6. The number of hydrogen-bond donors (Lipinski definition) is 2. The molecule has 2 N–H and O–H groups in total. The molecule has 0 atom stereocenters. The lowest BCUT2D eigenvalue weighted by molar-refractivity contribution is -0.384. The van der Waals surface area contributed by atoms with Gasteiger partial charge < -0.3 is 20.3 Å². The van der Waals surface area contributed by atoms with Crippen molar-refractivity contribution in [2.75, 3.05) is 35.2 Å². The van der Waals surface area contributed by atoms with Gasteiger partial charge in [-0.3, -0.25) is 19.7 Å². The van der Waals surface area contributed by atoms with Gasteiger partial charge in [0.1, 0.15) is 11.4 Å². The molecule has 0 unspecified atom stereocenters. The zero-order valence-corrected chi connectivity index (χ0v) is 15.6. The van der Waals surface area contributed by atoms with Crippen LogP contribution >= 0.6 is 0 Å². The molecular weight excluding hydrogens is 376 g/mol. The van der Waals surface area contributed by atoms with Gasteiger partial charge in [0.25, 0.3) is 17.5 Å². The predicted molar refractivity (Wildman–Crippen MR) is 108 cm³/mol. The molecule has 1 saturated heterocycles. The summed E-state index contributed by atoms with van der Waals surface area (Å²) in [5.41, 5.74) is 1.56. The number of nitrogens with one attached hydrogen (secondary N) is 2. The van der Waals surface area contributed by atoms with Gasteiger partial charge in [0.05, 0.1) is 10.6 Å². The van der Waals surface area contributed by atoms with Crippen molar-refractivity contribution < 1.29 is 19.2 Å². The van der Waals surface area contributed by atoms with Crippen LogP contribution in [-0.4, -0.2) is 36.4 Å². The van der Waals surface area contributed by atoms with Crippen LogP contribution in [0.2, 0.25) is 0 Å². The van der Waals surface area contributed by atoms with E-state index < -0.39 is 10.8 Å². The number of fused-ring (bicyclic) bond motifs is 1. The SMILES string of the molecule is O=C1COc2ccc(NC(=O)c3ccc(N4CCCCC4)c([N+](=O)[O-])c3)cc2N1. The van der Waals surface area contributed by atoms with Crippen molar-refractivity contribution >= 4 is 34.6 Å². The number of nitro groups is 1. The highest BCUT2D eigenvalue weighted by Gasteiger charge is 2.23. The topological polar surface area (TPSA) is 114 Å². The molecule has 2 aromatic rings. The minimum absolute atomic E-state index is 0.0499. The van der Waals surface area contributed by atoms with Crippen molar-refractivity contribution in [1.82, 2.24) is 0 Å². The maximum absolute atomic E-state index is 12.6. The van der Waals surface area contributed by atoms with Crippen LogP contribution < -0.4 is 20.3 Å². The molecule has 1 fully saturated rings. The molecule has 0 aromatic heterocycles. The fourth-order valence-corrected chi connectivity index (χ4v) is 3.58. The normalized spacial score (nSPS) is 15.7. The molecule has 150 valence electrons. The summed E-state index contributed by atoms with van der Waals surface area (Å²) in [4.78, 5) is 37.2. The number of amides is 2. The number of carbonyl (C=O) groups excluding carboxylic acids is 2. The van der Waals surface area contributed by atoms with Crippen molar-refractivity contribution in [3.63, 3.8) is 0 Å². The number of anilines is 3. The molecule has 0 bridgehead atoms. The summed E-state index contributed by atoms with van der Waals surface area (Å²) >= 11 is 0. The molecule has 0 spiro atoms. The lowest BCUT2D eigenvalue weighted by Crippen LogP contribution is -2.30. The zero-order chi connectivity index (χ0) is 20.4. The Morgan fingerprint density at radius 2 is 1.93 bits per heavy atom. The van der Waals surface area contributed by atoms with Gasteiger partial charge in [0.15, 0.2) is 6.61 Å². The van der Waals surface area contributed by atoms with Crippen molar-refractivity contribution in [3.8, 4) is 5.75 Å². The first kappa shape index (κ1) is 18.7. The van der Waals surface area contributed by atoms with E-state index in [0.717, 1.165) is 32.4 Å². The Morgan fingerprint density at radius 1 is 1.14 bits per heavy atom. The van der Waals surface area contributed by atoms with E-state index in [1.165, 1.54) is 6.07 Å². The maximum Gasteiger partial charge on any atom is 0.293 e. The van der Waals surface area contributed by atoms with Gasteiger partial charge in [-0.1, -0.05) is 0 Å². The molecule has 0 aliphatic carbocycles. The summed E-state index contributed by atoms with van der Waals surface area (Å²) < 4.78 is 5.29. The smallest absolute Gasteiger partial charge is 0.293 e. The second kappa shape index (κ2) is 7.78. The third-order valence-electron chi connectivity index (χ3n) is 5.00. The fourth-order valence-electron chi connectivity index (χ4n) is 3.58. The minimum Gasteiger partial charge on any atom is -0.482 e. The Morgan fingerprint density at radius 3 is 2.69 bits per heavy atom. The Kier molecular flexibility index (Phi) is 5.03. The van der Waals surface area contributed by atoms with Crippen molar-refractivity contribution in [2.45, 2.75) is 19.3 Å². The van der Waals surface area contributed by atoms with Crippen LogP contribution in [-0.2, 0) is 4.79 Å². The summed E-state index contributed by atoms with van der Waals surface area (Å²) in [6.45, 7) is 1.50. The van der Waals surface area contributed by atoms with E-state index in [9.17, 15) is 19.7 Å². The average Bonchev–Trinajstić information content (AvgIpc) is 2.73. The van der Waals surface area contributed by atoms with Crippen molar-refractivity contribution in [2.24, 2.45) is 0 Å². The van der Waals surface area contributed by atoms with Crippen molar-refractivity contribution in [1.29, 1.82) is 0 Å². The van der Waals surface area contributed by atoms with Gasteiger partial charge in [0.2, 0.25) is 0 Å². The summed E-state index contributed by atoms with van der Waals surface area (Å²) in [6.07, 6.45) is 3.12. The molecule has 29 heavy (non-hydrogen) atoms. The average molecular weight is 396 g/mol. The second-order valence-corrected chi connectivity index (χ2v) is 7.01. The first-order chi connectivity index (χ1) is 14.0. The molecule has 2 aliphatic rings. The quantitative estimate of drug-likeness (QED) is 0.606. The number of rotatable bonds is 4. The van der Waals surface area contributed by atoms with Crippen LogP contribution in [0.15, 0.2) is 36.4 Å². The van der Waals surface area contributed by atoms with Crippen molar-refractivity contribution in [3.05, 3.63) is 52.1 Å². The Hall–Kier alpha value is -3.62.